The molecule has 1 saturated heterocycles. The van der Waals surface area contributed by atoms with Gasteiger partial charge in [-0.3, -0.25) is 9.78 Å². The second kappa shape index (κ2) is 7.71. The molecular weight excluding hydrogens is 340 g/mol. The number of hydrogen-bond acceptors (Lipinski definition) is 5. The Balaban J connectivity index is 1.63. The van der Waals surface area contributed by atoms with Crippen LogP contribution in [0.2, 0.25) is 0 Å². The zero-order valence-corrected chi connectivity index (χ0v) is 14.6. The molecule has 1 aliphatic rings. The Morgan fingerprint density at radius 1 is 1.08 bits per heavy atom. The maximum atomic E-state index is 12.6. The van der Waals surface area contributed by atoms with Crippen LogP contribution in [0, 0.1) is 0 Å². The maximum Gasteiger partial charge on any atom is 0.271 e. The van der Waals surface area contributed by atoms with Gasteiger partial charge in [0.05, 0.1) is 11.1 Å². The van der Waals surface area contributed by atoms with Crippen molar-refractivity contribution in [2.24, 2.45) is 0 Å². The minimum Gasteiger partial charge on any atom is -0.347 e. The molecule has 1 aliphatic heterocycles. The lowest BCUT2D eigenvalue weighted by Crippen LogP contribution is -2.35. The van der Waals surface area contributed by atoms with Gasteiger partial charge in [-0.2, -0.15) is 4.31 Å². The summed E-state index contributed by atoms with van der Waals surface area (Å²) in [5.74, 6) is -0.321. The molecule has 0 aliphatic carbocycles. The summed E-state index contributed by atoms with van der Waals surface area (Å²) in [5, 5.41) is 2.74. The summed E-state index contributed by atoms with van der Waals surface area (Å²) in [5.41, 5.74) is 1.06. The van der Waals surface area contributed by atoms with E-state index in [9.17, 15) is 13.2 Å². The van der Waals surface area contributed by atoms with Crippen molar-refractivity contribution >= 4 is 15.9 Å². The van der Waals surface area contributed by atoms with Gasteiger partial charge in [0.1, 0.15) is 5.69 Å². The summed E-state index contributed by atoms with van der Waals surface area (Å²) < 4.78 is 26.7. The number of nitrogens with one attached hydrogen (secondary N) is 1. The molecule has 7 nitrogen and oxygen atoms in total. The fourth-order valence-corrected chi connectivity index (χ4v) is 4.24. The molecule has 0 unspecified atom stereocenters. The first-order valence-corrected chi connectivity index (χ1v) is 9.65. The zero-order valence-electron chi connectivity index (χ0n) is 13.8. The number of hydrogen-bond donors (Lipinski definition) is 1. The zero-order chi connectivity index (χ0) is 17.7. The molecule has 0 atom stereocenters. The van der Waals surface area contributed by atoms with Gasteiger partial charge in [0.2, 0.25) is 10.0 Å². The van der Waals surface area contributed by atoms with E-state index in [0.29, 0.717) is 24.5 Å². The van der Waals surface area contributed by atoms with Gasteiger partial charge in [0, 0.05) is 32.0 Å². The van der Waals surface area contributed by atoms with Crippen LogP contribution >= 0.6 is 0 Å². The van der Waals surface area contributed by atoms with Gasteiger partial charge >= 0.3 is 0 Å². The van der Waals surface area contributed by atoms with Crippen LogP contribution in [-0.4, -0.2) is 41.7 Å². The summed E-state index contributed by atoms with van der Waals surface area (Å²) in [6.07, 6.45) is 7.24. The predicted molar refractivity (Wildman–Crippen MR) is 92.3 cm³/mol. The number of aromatic nitrogens is 2. The van der Waals surface area contributed by atoms with Gasteiger partial charge in [-0.15, -0.1) is 0 Å². The predicted octanol–water partition coefficient (Wildman–Crippen LogP) is 1.58. The topological polar surface area (TPSA) is 92.3 Å². The van der Waals surface area contributed by atoms with Gasteiger partial charge in [0.25, 0.3) is 5.91 Å². The molecule has 3 rings (SSSR count). The van der Waals surface area contributed by atoms with E-state index in [1.54, 1.807) is 28.6 Å². The molecule has 0 bridgehead atoms. The van der Waals surface area contributed by atoms with E-state index >= 15 is 0 Å². The summed E-state index contributed by atoms with van der Waals surface area (Å²) in [6.45, 7) is 1.45. The highest BCUT2D eigenvalue weighted by Crippen LogP contribution is 2.20. The van der Waals surface area contributed by atoms with E-state index in [1.807, 2.05) is 0 Å². The number of rotatable bonds is 5. The molecular formula is C17H20N4O3S. The Bertz CT molecular complexity index is 817. The van der Waals surface area contributed by atoms with Gasteiger partial charge in [-0.05, 0) is 30.5 Å². The summed E-state index contributed by atoms with van der Waals surface area (Å²) in [4.78, 5) is 20.0. The van der Waals surface area contributed by atoms with Gasteiger partial charge < -0.3 is 5.32 Å². The molecule has 2 heterocycles. The molecule has 0 spiro atoms. The third-order valence-corrected chi connectivity index (χ3v) is 6.04. The molecule has 1 amide bonds. The number of piperidine rings is 1. The lowest BCUT2D eigenvalue weighted by molar-refractivity contribution is 0.0945. The summed E-state index contributed by atoms with van der Waals surface area (Å²) in [6, 6.07) is 6.61. The molecule has 1 N–H and O–H groups in total. The standard InChI is InChI=1S/C17H20N4O3S/c22-17(16-13-18-8-9-19-16)20-12-14-4-6-15(7-5-14)25(23,24)21-10-2-1-3-11-21/h4-9,13H,1-3,10-12H2,(H,20,22). The van der Waals surface area contributed by atoms with Crippen molar-refractivity contribution in [3.8, 4) is 0 Å². The first-order valence-electron chi connectivity index (χ1n) is 8.21. The molecule has 8 heteroatoms. The SMILES string of the molecule is O=C(NCc1ccc(S(=O)(=O)N2CCCCC2)cc1)c1cnccn1. The number of nitrogens with zero attached hydrogens (tertiary/aromatic N) is 3. The first kappa shape index (κ1) is 17.5. The number of amides is 1. The fourth-order valence-electron chi connectivity index (χ4n) is 2.72. The van der Waals surface area contributed by atoms with Crippen molar-refractivity contribution in [3.05, 3.63) is 54.1 Å². The van der Waals surface area contributed by atoms with E-state index in [4.69, 9.17) is 0 Å². The lowest BCUT2D eigenvalue weighted by Gasteiger charge is -2.25. The number of carbonyl (C=O) groups is 1. The van der Waals surface area contributed by atoms with Crippen LogP contribution in [0.5, 0.6) is 0 Å². The third kappa shape index (κ3) is 4.21. The smallest absolute Gasteiger partial charge is 0.271 e. The monoisotopic (exact) mass is 360 g/mol. The molecule has 1 aromatic carbocycles. The third-order valence-electron chi connectivity index (χ3n) is 4.13. The second-order valence-corrected chi connectivity index (χ2v) is 7.82. The van der Waals surface area contributed by atoms with Crippen LogP contribution in [0.25, 0.3) is 0 Å². The van der Waals surface area contributed by atoms with E-state index in [0.717, 1.165) is 24.8 Å². The minimum atomic E-state index is -3.43. The van der Waals surface area contributed by atoms with E-state index in [2.05, 4.69) is 15.3 Å². The number of sulfonamides is 1. The molecule has 1 aromatic heterocycles. The Kier molecular flexibility index (Phi) is 5.40. The fraction of sp³-hybridized carbons (Fsp3) is 0.353. The summed E-state index contributed by atoms with van der Waals surface area (Å²) >= 11 is 0. The van der Waals surface area contributed by atoms with E-state index in [-0.39, 0.29) is 11.6 Å². The van der Waals surface area contributed by atoms with Crippen molar-refractivity contribution in [1.82, 2.24) is 19.6 Å². The molecule has 2 aromatic rings. The van der Waals surface area contributed by atoms with Crippen molar-refractivity contribution in [2.75, 3.05) is 13.1 Å². The molecule has 132 valence electrons. The molecule has 0 radical (unpaired) electrons. The average Bonchev–Trinajstić information content (AvgIpc) is 2.68. The van der Waals surface area contributed by atoms with Crippen molar-refractivity contribution in [2.45, 2.75) is 30.7 Å². The minimum absolute atomic E-state index is 0.242. The van der Waals surface area contributed by atoms with Crippen LogP contribution < -0.4 is 5.32 Å². The molecule has 0 saturated carbocycles. The van der Waals surface area contributed by atoms with Crippen LogP contribution in [0.4, 0.5) is 0 Å². The van der Waals surface area contributed by atoms with Gasteiger partial charge in [0.15, 0.2) is 0 Å². The van der Waals surface area contributed by atoms with Crippen molar-refractivity contribution in [3.63, 3.8) is 0 Å². The first-order chi connectivity index (χ1) is 12.1. The number of benzene rings is 1. The normalized spacial score (nSPS) is 15.7. The number of carbonyl (C=O) groups excluding carboxylic acids is 1. The Morgan fingerprint density at radius 3 is 2.44 bits per heavy atom. The maximum absolute atomic E-state index is 12.6. The van der Waals surface area contributed by atoms with Crippen LogP contribution in [0.3, 0.4) is 0 Å². The highest BCUT2D eigenvalue weighted by molar-refractivity contribution is 7.89. The van der Waals surface area contributed by atoms with Gasteiger partial charge in [-0.1, -0.05) is 18.6 Å². The Hall–Kier alpha value is -2.32. The van der Waals surface area contributed by atoms with Crippen LogP contribution in [-0.2, 0) is 16.6 Å². The van der Waals surface area contributed by atoms with Crippen molar-refractivity contribution in [1.29, 1.82) is 0 Å². The summed E-state index contributed by atoms with van der Waals surface area (Å²) in [7, 11) is -3.43. The van der Waals surface area contributed by atoms with Gasteiger partial charge in [-0.25, -0.2) is 13.4 Å². The van der Waals surface area contributed by atoms with Crippen LogP contribution in [0.1, 0.15) is 35.3 Å². The average molecular weight is 360 g/mol. The highest BCUT2D eigenvalue weighted by atomic mass is 32.2. The van der Waals surface area contributed by atoms with Crippen molar-refractivity contribution < 1.29 is 13.2 Å². The van der Waals surface area contributed by atoms with Crippen LogP contribution in [0.15, 0.2) is 47.8 Å². The second-order valence-electron chi connectivity index (χ2n) is 5.88. The Labute approximate surface area is 147 Å². The van der Waals surface area contributed by atoms with E-state index < -0.39 is 10.0 Å². The lowest BCUT2D eigenvalue weighted by atomic mass is 10.2. The largest absolute Gasteiger partial charge is 0.347 e. The quantitative estimate of drug-likeness (QED) is 0.874. The highest BCUT2D eigenvalue weighted by Gasteiger charge is 2.25. The van der Waals surface area contributed by atoms with E-state index in [1.165, 1.54) is 18.6 Å². The molecule has 1 fully saturated rings. The molecule has 25 heavy (non-hydrogen) atoms. The Morgan fingerprint density at radius 2 is 1.80 bits per heavy atom.